The molecule has 0 N–H and O–H groups in total. The molecule has 1 heterocycles. The minimum Gasteiger partial charge on any atom is -0.419 e. The molecule has 0 aliphatic rings. The SMILES string of the molecule is CCCCN(C)Cc1nnc(-c2ccc(Cl)cc2)o1. The van der Waals surface area contributed by atoms with E-state index in [-0.39, 0.29) is 0 Å². The number of hydrogen-bond donors (Lipinski definition) is 0. The molecule has 1 aromatic carbocycles. The second-order valence-electron chi connectivity index (χ2n) is 4.60. The zero-order valence-corrected chi connectivity index (χ0v) is 12.0. The number of aromatic nitrogens is 2. The van der Waals surface area contributed by atoms with Crippen LogP contribution in [-0.2, 0) is 6.54 Å². The van der Waals surface area contributed by atoms with Crippen molar-refractivity contribution in [3.8, 4) is 11.5 Å². The summed E-state index contributed by atoms with van der Waals surface area (Å²) in [7, 11) is 2.06. The molecule has 0 radical (unpaired) electrons. The molecule has 19 heavy (non-hydrogen) atoms. The predicted octanol–water partition coefficient (Wildman–Crippen LogP) is 3.62. The molecular formula is C14H18ClN3O. The molecular weight excluding hydrogens is 262 g/mol. The third kappa shape index (κ3) is 4.04. The molecule has 4 nitrogen and oxygen atoms in total. The zero-order valence-electron chi connectivity index (χ0n) is 11.3. The van der Waals surface area contributed by atoms with E-state index in [9.17, 15) is 0 Å². The first-order chi connectivity index (χ1) is 9.19. The maximum Gasteiger partial charge on any atom is 0.247 e. The highest BCUT2D eigenvalue weighted by molar-refractivity contribution is 6.30. The standard InChI is InChI=1S/C14H18ClN3O/c1-3-4-9-18(2)10-13-16-17-14(19-13)11-5-7-12(15)8-6-11/h5-8H,3-4,9-10H2,1-2H3. The maximum absolute atomic E-state index is 5.85. The van der Waals surface area contributed by atoms with Gasteiger partial charge in [-0.1, -0.05) is 24.9 Å². The molecule has 0 aliphatic heterocycles. The fourth-order valence-corrected chi connectivity index (χ4v) is 1.89. The van der Waals surface area contributed by atoms with E-state index in [0.717, 1.165) is 12.1 Å². The third-order valence-electron chi connectivity index (χ3n) is 2.86. The fourth-order valence-electron chi connectivity index (χ4n) is 1.76. The number of halogens is 1. The number of nitrogens with zero attached hydrogens (tertiary/aromatic N) is 3. The van der Waals surface area contributed by atoms with Gasteiger partial charge in [-0.05, 0) is 44.3 Å². The van der Waals surface area contributed by atoms with Gasteiger partial charge in [-0.15, -0.1) is 10.2 Å². The lowest BCUT2D eigenvalue weighted by Crippen LogP contribution is -2.19. The van der Waals surface area contributed by atoms with Gasteiger partial charge in [-0.25, -0.2) is 0 Å². The molecule has 0 amide bonds. The first-order valence-electron chi connectivity index (χ1n) is 6.46. The van der Waals surface area contributed by atoms with Crippen LogP contribution in [-0.4, -0.2) is 28.7 Å². The Bertz CT molecular complexity index is 510. The third-order valence-corrected chi connectivity index (χ3v) is 3.11. The van der Waals surface area contributed by atoms with Gasteiger partial charge in [0.15, 0.2) is 0 Å². The zero-order chi connectivity index (χ0) is 13.7. The maximum atomic E-state index is 5.85. The highest BCUT2D eigenvalue weighted by atomic mass is 35.5. The Labute approximate surface area is 118 Å². The molecule has 0 aliphatic carbocycles. The summed E-state index contributed by atoms with van der Waals surface area (Å²) in [4.78, 5) is 2.18. The number of rotatable bonds is 6. The van der Waals surface area contributed by atoms with Crippen molar-refractivity contribution in [2.24, 2.45) is 0 Å². The highest BCUT2D eigenvalue weighted by Crippen LogP contribution is 2.20. The first kappa shape index (κ1) is 14.0. The molecule has 0 saturated carbocycles. The summed E-state index contributed by atoms with van der Waals surface area (Å²) in [5.41, 5.74) is 0.888. The van der Waals surface area contributed by atoms with Crippen LogP contribution in [0.3, 0.4) is 0 Å². The van der Waals surface area contributed by atoms with E-state index < -0.39 is 0 Å². The normalized spacial score (nSPS) is 11.2. The van der Waals surface area contributed by atoms with Crippen LogP contribution in [0.25, 0.3) is 11.5 Å². The Morgan fingerprint density at radius 1 is 1.21 bits per heavy atom. The number of hydrogen-bond acceptors (Lipinski definition) is 4. The molecule has 0 bridgehead atoms. The van der Waals surface area contributed by atoms with Gasteiger partial charge >= 0.3 is 0 Å². The minimum atomic E-state index is 0.538. The second kappa shape index (κ2) is 6.68. The van der Waals surface area contributed by atoms with E-state index in [2.05, 4.69) is 29.1 Å². The Morgan fingerprint density at radius 3 is 2.63 bits per heavy atom. The number of unbranched alkanes of at least 4 members (excludes halogenated alkanes) is 1. The quantitative estimate of drug-likeness (QED) is 0.810. The van der Waals surface area contributed by atoms with Crippen LogP contribution in [0.2, 0.25) is 5.02 Å². The van der Waals surface area contributed by atoms with Gasteiger partial charge in [0.2, 0.25) is 11.8 Å². The van der Waals surface area contributed by atoms with Crippen LogP contribution >= 0.6 is 11.6 Å². The van der Waals surface area contributed by atoms with Crippen molar-refractivity contribution in [3.63, 3.8) is 0 Å². The molecule has 0 spiro atoms. The summed E-state index contributed by atoms with van der Waals surface area (Å²) >= 11 is 5.85. The van der Waals surface area contributed by atoms with Gasteiger partial charge in [0.05, 0.1) is 6.54 Å². The van der Waals surface area contributed by atoms with Crippen molar-refractivity contribution < 1.29 is 4.42 Å². The largest absolute Gasteiger partial charge is 0.419 e. The van der Waals surface area contributed by atoms with E-state index >= 15 is 0 Å². The Morgan fingerprint density at radius 2 is 1.95 bits per heavy atom. The molecule has 0 atom stereocenters. The topological polar surface area (TPSA) is 42.2 Å². The monoisotopic (exact) mass is 279 g/mol. The Hall–Kier alpha value is -1.39. The van der Waals surface area contributed by atoms with Gasteiger partial charge in [0, 0.05) is 10.6 Å². The molecule has 1 aromatic heterocycles. The minimum absolute atomic E-state index is 0.538. The lowest BCUT2D eigenvalue weighted by molar-refractivity contribution is 0.286. The summed E-state index contributed by atoms with van der Waals surface area (Å²) in [5.74, 6) is 1.18. The fraction of sp³-hybridized carbons (Fsp3) is 0.429. The highest BCUT2D eigenvalue weighted by Gasteiger charge is 2.10. The molecule has 102 valence electrons. The van der Waals surface area contributed by atoms with Gasteiger partial charge in [-0.3, -0.25) is 4.90 Å². The van der Waals surface area contributed by atoms with Crippen molar-refractivity contribution in [2.75, 3.05) is 13.6 Å². The molecule has 2 rings (SSSR count). The van der Waals surface area contributed by atoms with Crippen LogP contribution in [0.1, 0.15) is 25.7 Å². The smallest absolute Gasteiger partial charge is 0.247 e. The van der Waals surface area contributed by atoms with Crippen molar-refractivity contribution in [1.29, 1.82) is 0 Å². The van der Waals surface area contributed by atoms with Gasteiger partial charge in [0.1, 0.15) is 0 Å². The lowest BCUT2D eigenvalue weighted by Gasteiger charge is -2.12. The summed E-state index contributed by atoms with van der Waals surface area (Å²) in [6.07, 6.45) is 2.36. The predicted molar refractivity (Wildman–Crippen MR) is 76.0 cm³/mol. The van der Waals surface area contributed by atoms with Crippen LogP contribution in [0.4, 0.5) is 0 Å². The van der Waals surface area contributed by atoms with Crippen molar-refractivity contribution >= 4 is 11.6 Å². The molecule has 5 heteroatoms. The van der Waals surface area contributed by atoms with E-state index in [4.69, 9.17) is 16.0 Å². The van der Waals surface area contributed by atoms with Crippen LogP contribution in [0, 0.1) is 0 Å². The van der Waals surface area contributed by atoms with Crippen molar-refractivity contribution in [2.45, 2.75) is 26.3 Å². The average molecular weight is 280 g/mol. The van der Waals surface area contributed by atoms with Gasteiger partial charge < -0.3 is 4.42 Å². The van der Waals surface area contributed by atoms with Crippen LogP contribution in [0.5, 0.6) is 0 Å². The molecule has 0 unspecified atom stereocenters. The summed E-state index contributed by atoms with van der Waals surface area (Å²) < 4.78 is 5.65. The van der Waals surface area contributed by atoms with Gasteiger partial charge in [-0.2, -0.15) is 0 Å². The Kier molecular flexibility index (Phi) is 4.93. The average Bonchev–Trinajstić information content (AvgIpc) is 2.85. The summed E-state index contributed by atoms with van der Waals surface area (Å²) in [5, 5.41) is 8.83. The van der Waals surface area contributed by atoms with Crippen molar-refractivity contribution in [3.05, 3.63) is 35.2 Å². The molecule has 2 aromatic rings. The summed E-state index contributed by atoms with van der Waals surface area (Å²) in [6, 6.07) is 7.38. The van der Waals surface area contributed by atoms with E-state index in [1.165, 1.54) is 12.8 Å². The van der Waals surface area contributed by atoms with E-state index in [1.807, 2.05) is 24.3 Å². The molecule has 0 saturated heterocycles. The van der Waals surface area contributed by atoms with E-state index in [1.54, 1.807) is 0 Å². The summed E-state index contributed by atoms with van der Waals surface area (Å²) in [6.45, 7) is 3.90. The Balaban J connectivity index is 2.00. The second-order valence-corrected chi connectivity index (χ2v) is 5.04. The lowest BCUT2D eigenvalue weighted by atomic mass is 10.2. The van der Waals surface area contributed by atoms with Crippen LogP contribution < -0.4 is 0 Å². The van der Waals surface area contributed by atoms with Gasteiger partial charge in [0.25, 0.3) is 0 Å². The van der Waals surface area contributed by atoms with Crippen molar-refractivity contribution in [1.82, 2.24) is 15.1 Å². The van der Waals surface area contributed by atoms with Crippen LogP contribution in [0.15, 0.2) is 28.7 Å². The van der Waals surface area contributed by atoms with E-state index in [0.29, 0.717) is 23.3 Å². The first-order valence-corrected chi connectivity index (χ1v) is 6.83. The molecule has 0 fully saturated rings. The number of benzene rings is 1.